The fraction of sp³-hybridized carbons (Fsp3) is 0.385. The molecular formula is C13H17BrN2O5S. The van der Waals surface area contributed by atoms with E-state index in [1.807, 2.05) is 0 Å². The second-order valence-electron chi connectivity index (χ2n) is 4.65. The molecule has 1 rings (SSSR count). The third-order valence-corrected chi connectivity index (χ3v) is 5.72. The van der Waals surface area contributed by atoms with Crippen LogP contribution in [0.5, 0.6) is 0 Å². The van der Waals surface area contributed by atoms with Gasteiger partial charge in [-0.15, -0.1) is 0 Å². The van der Waals surface area contributed by atoms with Crippen LogP contribution in [0.25, 0.3) is 0 Å². The van der Waals surface area contributed by atoms with Crippen LogP contribution in [0.15, 0.2) is 27.6 Å². The summed E-state index contributed by atoms with van der Waals surface area (Å²) < 4.78 is 25.5. The summed E-state index contributed by atoms with van der Waals surface area (Å²) in [5.41, 5.74) is 0.215. The molecule has 22 heavy (non-hydrogen) atoms. The van der Waals surface area contributed by atoms with Crippen LogP contribution in [-0.4, -0.2) is 61.8 Å². The molecule has 7 nitrogen and oxygen atoms in total. The van der Waals surface area contributed by atoms with Gasteiger partial charge in [0.15, 0.2) is 0 Å². The van der Waals surface area contributed by atoms with Gasteiger partial charge in [0.1, 0.15) is 6.54 Å². The molecule has 9 heteroatoms. The number of carboxylic acid groups (broad SMARTS) is 1. The van der Waals surface area contributed by atoms with E-state index in [0.29, 0.717) is 0 Å². The average Bonchev–Trinajstić information content (AvgIpc) is 2.43. The average molecular weight is 393 g/mol. The van der Waals surface area contributed by atoms with Crippen LogP contribution in [0.1, 0.15) is 17.3 Å². The maximum absolute atomic E-state index is 12.2. The molecule has 0 aliphatic heterocycles. The Balaban J connectivity index is 3.18. The van der Waals surface area contributed by atoms with Gasteiger partial charge >= 0.3 is 5.97 Å². The number of likely N-dealkylation sites (N-methyl/N-ethyl adjacent to an activating group) is 1. The van der Waals surface area contributed by atoms with Gasteiger partial charge in [0, 0.05) is 30.7 Å². The van der Waals surface area contributed by atoms with Crippen molar-refractivity contribution in [1.29, 1.82) is 0 Å². The molecule has 0 aromatic heterocycles. The van der Waals surface area contributed by atoms with Gasteiger partial charge in [-0.25, -0.2) is 12.7 Å². The standard InChI is InChI=1S/C13H17BrN2O5S/c1-4-16(8-12(17)18)13(19)9-5-6-11(10(14)7-9)22(20,21)15(2)3/h5-7H,4,8H2,1-3H3,(H,17,18). The first-order valence-electron chi connectivity index (χ1n) is 6.34. The number of halogens is 1. The molecule has 0 spiro atoms. The van der Waals surface area contributed by atoms with Crippen LogP contribution in [0, 0.1) is 0 Å². The van der Waals surface area contributed by atoms with Gasteiger partial charge in [0.25, 0.3) is 5.91 Å². The van der Waals surface area contributed by atoms with Crippen LogP contribution in [0.2, 0.25) is 0 Å². The van der Waals surface area contributed by atoms with Crippen LogP contribution in [0.3, 0.4) is 0 Å². The van der Waals surface area contributed by atoms with E-state index < -0.39 is 28.4 Å². The van der Waals surface area contributed by atoms with E-state index in [-0.39, 0.29) is 21.5 Å². The van der Waals surface area contributed by atoms with Crippen molar-refractivity contribution in [3.8, 4) is 0 Å². The lowest BCUT2D eigenvalue weighted by Crippen LogP contribution is -2.35. The molecule has 1 aromatic carbocycles. The molecule has 0 radical (unpaired) electrons. The third-order valence-electron chi connectivity index (χ3n) is 2.93. The fourth-order valence-electron chi connectivity index (χ4n) is 1.71. The number of aliphatic carboxylic acids is 1. The SMILES string of the molecule is CCN(CC(=O)O)C(=O)c1ccc(S(=O)(=O)N(C)C)c(Br)c1. The molecule has 0 aliphatic rings. The van der Waals surface area contributed by atoms with Crippen LogP contribution >= 0.6 is 15.9 Å². The Morgan fingerprint density at radius 3 is 2.27 bits per heavy atom. The maximum Gasteiger partial charge on any atom is 0.323 e. The predicted molar refractivity (Wildman–Crippen MR) is 84.2 cm³/mol. The smallest absolute Gasteiger partial charge is 0.323 e. The van der Waals surface area contributed by atoms with E-state index in [4.69, 9.17) is 5.11 Å². The normalized spacial score (nSPS) is 11.5. The molecule has 1 N–H and O–H groups in total. The minimum atomic E-state index is -3.63. The van der Waals surface area contributed by atoms with E-state index in [1.54, 1.807) is 6.92 Å². The number of carboxylic acids is 1. The molecule has 1 aromatic rings. The Kier molecular flexibility index (Phi) is 6.09. The van der Waals surface area contributed by atoms with E-state index >= 15 is 0 Å². The molecule has 0 saturated heterocycles. The number of hydrogen-bond donors (Lipinski definition) is 1. The Morgan fingerprint density at radius 1 is 1.27 bits per heavy atom. The van der Waals surface area contributed by atoms with Crippen molar-refractivity contribution in [2.75, 3.05) is 27.2 Å². The highest BCUT2D eigenvalue weighted by Crippen LogP contribution is 2.25. The van der Waals surface area contributed by atoms with Gasteiger partial charge in [-0.05, 0) is 41.1 Å². The van der Waals surface area contributed by atoms with Crippen molar-refractivity contribution in [3.63, 3.8) is 0 Å². The summed E-state index contributed by atoms with van der Waals surface area (Å²) in [5, 5.41) is 8.79. The van der Waals surface area contributed by atoms with Crippen molar-refractivity contribution in [2.24, 2.45) is 0 Å². The Morgan fingerprint density at radius 2 is 1.86 bits per heavy atom. The number of amides is 1. The number of carbonyl (C=O) groups is 2. The second-order valence-corrected chi connectivity index (χ2v) is 7.62. The predicted octanol–water partition coefficient (Wildman–Crippen LogP) is 1.25. The fourth-order valence-corrected chi connectivity index (χ4v) is 3.64. The van der Waals surface area contributed by atoms with Gasteiger partial charge in [-0.2, -0.15) is 0 Å². The highest BCUT2D eigenvalue weighted by molar-refractivity contribution is 9.10. The number of sulfonamides is 1. The van der Waals surface area contributed by atoms with E-state index in [2.05, 4.69) is 15.9 Å². The molecule has 1 amide bonds. The first-order chi connectivity index (χ1) is 10.1. The molecule has 0 atom stereocenters. The number of benzene rings is 1. The van der Waals surface area contributed by atoms with Crippen molar-refractivity contribution >= 4 is 37.8 Å². The first-order valence-corrected chi connectivity index (χ1v) is 8.57. The van der Waals surface area contributed by atoms with Crippen molar-refractivity contribution in [3.05, 3.63) is 28.2 Å². The monoisotopic (exact) mass is 392 g/mol. The zero-order chi connectivity index (χ0) is 17.1. The Hall–Kier alpha value is -1.45. The summed E-state index contributed by atoms with van der Waals surface area (Å²) in [7, 11) is -0.809. The quantitative estimate of drug-likeness (QED) is 0.785. The van der Waals surface area contributed by atoms with Crippen LogP contribution in [-0.2, 0) is 14.8 Å². The lowest BCUT2D eigenvalue weighted by atomic mass is 10.2. The van der Waals surface area contributed by atoms with Gasteiger partial charge in [-0.1, -0.05) is 0 Å². The van der Waals surface area contributed by atoms with E-state index in [9.17, 15) is 18.0 Å². The molecule has 0 bridgehead atoms. The third kappa shape index (κ3) is 4.05. The minimum Gasteiger partial charge on any atom is -0.480 e. The summed E-state index contributed by atoms with van der Waals surface area (Å²) in [4.78, 5) is 24.2. The summed E-state index contributed by atoms with van der Waals surface area (Å²) in [6, 6.07) is 4.07. The highest BCUT2D eigenvalue weighted by Gasteiger charge is 2.23. The topological polar surface area (TPSA) is 95.0 Å². The van der Waals surface area contributed by atoms with Gasteiger partial charge in [-0.3, -0.25) is 9.59 Å². The Labute approximate surface area is 137 Å². The molecule has 122 valence electrons. The number of hydrogen-bond acceptors (Lipinski definition) is 4. The van der Waals surface area contributed by atoms with Gasteiger partial charge < -0.3 is 10.0 Å². The lowest BCUT2D eigenvalue weighted by molar-refractivity contribution is -0.137. The molecule has 0 aliphatic carbocycles. The van der Waals surface area contributed by atoms with E-state index in [1.165, 1.54) is 32.3 Å². The van der Waals surface area contributed by atoms with E-state index in [0.717, 1.165) is 9.21 Å². The molecule has 0 heterocycles. The van der Waals surface area contributed by atoms with Crippen molar-refractivity contribution < 1.29 is 23.1 Å². The Bertz CT molecular complexity index is 688. The van der Waals surface area contributed by atoms with Crippen LogP contribution in [0.4, 0.5) is 0 Å². The molecule has 0 fully saturated rings. The van der Waals surface area contributed by atoms with Crippen molar-refractivity contribution in [2.45, 2.75) is 11.8 Å². The summed E-state index contributed by atoms with van der Waals surface area (Å²) in [6.45, 7) is 1.49. The lowest BCUT2D eigenvalue weighted by Gasteiger charge is -2.19. The highest BCUT2D eigenvalue weighted by atomic mass is 79.9. The van der Waals surface area contributed by atoms with Crippen molar-refractivity contribution in [1.82, 2.24) is 9.21 Å². The summed E-state index contributed by atoms with van der Waals surface area (Å²) in [5.74, 6) is -1.58. The summed E-state index contributed by atoms with van der Waals surface area (Å²) >= 11 is 3.15. The van der Waals surface area contributed by atoms with Gasteiger partial charge in [0.2, 0.25) is 10.0 Å². The second kappa shape index (κ2) is 7.21. The maximum atomic E-state index is 12.2. The van der Waals surface area contributed by atoms with Gasteiger partial charge in [0.05, 0.1) is 4.90 Å². The molecular weight excluding hydrogens is 376 g/mol. The zero-order valence-electron chi connectivity index (χ0n) is 12.4. The van der Waals surface area contributed by atoms with Crippen LogP contribution < -0.4 is 0 Å². The molecule has 0 unspecified atom stereocenters. The molecule has 0 saturated carbocycles. The number of nitrogens with zero attached hydrogens (tertiary/aromatic N) is 2. The summed E-state index contributed by atoms with van der Waals surface area (Å²) in [6.07, 6.45) is 0. The number of rotatable bonds is 6. The largest absolute Gasteiger partial charge is 0.480 e. The first kappa shape index (κ1) is 18.6. The number of carbonyl (C=O) groups excluding carboxylic acids is 1. The minimum absolute atomic E-state index is 0.0373. The zero-order valence-corrected chi connectivity index (χ0v) is 14.8.